The van der Waals surface area contributed by atoms with E-state index in [2.05, 4.69) is 22.5 Å². The van der Waals surface area contributed by atoms with Gasteiger partial charge in [0, 0.05) is 56.2 Å². The third-order valence-electron chi connectivity index (χ3n) is 5.96. The summed E-state index contributed by atoms with van der Waals surface area (Å²) in [6, 6.07) is 14.9. The van der Waals surface area contributed by atoms with Crippen LogP contribution in [-0.4, -0.2) is 73.5 Å². The fraction of sp³-hybridized carbons (Fsp3) is 0.375. The zero-order valence-electron chi connectivity index (χ0n) is 18.3. The van der Waals surface area contributed by atoms with Crippen LogP contribution in [0.4, 0.5) is 16.2 Å². The summed E-state index contributed by atoms with van der Waals surface area (Å²) < 4.78 is 0. The Bertz CT molecular complexity index is 1000. The van der Waals surface area contributed by atoms with Gasteiger partial charge in [0.05, 0.1) is 6.54 Å². The lowest BCUT2D eigenvalue weighted by molar-refractivity contribution is -0.117. The van der Waals surface area contributed by atoms with Gasteiger partial charge in [-0.15, -0.1) is 0 Å². The molecule has 4 rings (SSSR count). The van der Waals surface area contributed by atoms with Crippen LogP contribution in [0, 0.1) is 0 Å². The molecule has 0 aliphatic carbocycles. The lowest BCUT2D eigenvalue weighted by atomic mass is 10.1. The van der Waals surface area contributed by atoms with Gasteiger partial charge in [0.15, 0.2) is 0 Å². The first-order valence-corrected chi connectivity index (χ1v) is 11.1. The monoisotopic (exact) mass is 435 g/mol. The number of benzene rings is 2. The SMILES string of the molecule is CCc1ccccc1NC(=O)CN1CCN(C(=O)c2cccc(N3CCNC3=O)c2)CC1. The first kappa shape index (κ1) is 21.8. The number of para-hydroxylation sites is 1. The Morgan fingerprint density at radius 2 is 1.78 bits per heavy atom. The largest absolute Gasteiger partial charge is 0.336 e. The zero-order chi connectivity index (χ0) is 22.5. The highest BCUT2D eigenvalue weighted by molar-refractivity contribution is 5.98. The van der Waals surface area contributed by atoms with Gasteiger partial charge < -0.3 is 15.5 Å². The molecule has 4 amide bonds. The van der Waals surface area contributed by atoms with E-state index in [1.165, 1.54) is 0 Å². The Hall–Kier alpha value is -3.39. The minimum Gasteiger partial charge on any atom is -0.336 e. The fourth-order valence-electron chi connectivity index (χ4n) is 4.16. The molecule has 2 N–H and O–H groups in total. The highest BCUT2D eigenvalue weighted by atomic mass is 16.2. The average molecular weight is 436 g/mol. The first-order valence-electron chi connectivity index (χ1n) is 11.1. The summed E-state index contributed by atoms with van der Waals surface area (Å²) in [5, 5.41) is 5.78. The summed E-state index contributed by atoms with van der Waals surface area (Å²) in [4.78, 5) is 42.9. The first-order chi connectivity index (χ1) is 15.5. The van der Waals surface area contributed by atoms with Crippen molar-refractivity contribution >= 4 is 29.2 Å². The standard InChI is InChI=1S/C24H29N5O3/c1-2-18-6-3-4-9-21(18)26-22(30)17-27-12-14-28(15-13-27)23(31)19-7-5-8-20(16-19)29-11-10-25-24(29)32/h3-9,16H,2,10-15,17H2,1H3,(H,25,32)(H,26,30). The van der Waals surface area contributed by atoms with Crippen molar-refractivity contribution in [1.82, 2.24) is 15.1 Å². The van der Waals surface area contributed by atoms with Crippen molar-refractivity contribution in [1.29, 1.82) is 0 Å². The molecule has 0 unspecified atom stereocenters. The van der Waals surface area contributed by atoms with Crippen LogP contribution in [-0.2, 0) is 11.2 Å². The molecule has 0 aromatic heterocycles. The molecule has 0 bridgehead atoms. The Morgan fingerprint density at radius 3 is 2.50 bits per heavy atom. The molecule has 2 aliphatic rings. The number of hydrogen-bond acceptors (Lipinski definition) is 4. The van der Waals surface area contributed by atoms with Crippen molar-refractivity contribution in [3.63, 3.8) is 0 Å². The summed E-state index contributed by atoms with van der Waals surface area (Å²) in [7, 11) is 0. The van der Waals surface area contributed by atoms with Crippen molar-refractivity contribution in [3.05, 3.63) is 59.7 Å². The molecule has 2 heterocycles. The van der Waals surface area contributed by atoms with E-state index in [0.29, 0.717) is 51.4 Å². The highest BCUT2D eigenvalue weighted by Gasteiger charge is 2.25. The molecule has 168 valence electrons. The average Bonchev–Trinajstić information content (AvgIpc) is 3.25. The molecule has 0 atom stereocenters. The number of piperazine rings is 1. The molecule has 8 heteroatoms. The number of carbonyl (C=O) groups is 3. The van der Waals surface area contributed by atoms with Gasteiger partial charge in [-0.1, -0.05) is 31.2 Å². The number of carbonyl (C=O) groups excluding carboxylic acids is 3. The maximum absolute atomic E-state index is 13.0. The molecular formula is C24H29N5O3. The van der Waals surface area contributed by atoms with E-state index >= 15 is 0 Å². The molecule has 2 aromatic rings. The van der Waals surface area contributed by atoms with E-state index in [9.17, 15) is 14.4 Å². The molecule has 2 aromatic carbocycles. The molecule has 0 spiro atoms. The quantitative estimate of drug-likeness (QED) is 0.728. The van der Waals surface area contributed by atoms with Gasteiger partial charge in [-0.3, -0.25) is 19.4 Å². The van der Waals surface area contributed by atoms with Crippen molar-refractivity contribution in [2.45, 2.75) is 13.3 Å². The van der Waals surface area contributed by atoms with E-state index in [0.717, 1.165) is 23.4 Å². The zero-order valence-corrected chi connectivity index (χ0v) is 18.3. The Labute approximate surface area is 188 Å². The van der Waals surface area contributed by atoms with Crippen LogP contribution < -0.4 is 15.5 Å². The lowest BCUT2D eigenvalue weighted by Gasteiger charge is -2.34. The summed E-state index contributed by atoms with van der Waals surface area (Å²) in [5.74, 6) is -0.0882. The Morgan fingerprint density at radius 1 is 1.00 bits per heavy atom. The van der Waals surface area contributed by atoms with Crippen LogP contribution in [0.1, 0.15) is 22.8 Å². The second-order valence-corrected chi connectivity index (χ2v) is 8.06. The van der Waals surface area contributed by atoms with Crippen LogP contribution in [0.2, 0.25) is 0 Å². The van der Waals surface area contributed by atoms with Gasteiger partial charge in [-0.05, 0) is 36.2 Å². The van der Waals surface area contributed by atoms with Crippen molar-refractivity contribution < 1.29 is 14.4 Å². The summed E-state index contributed by atoms with van der Waals surface area (Å²) in [5.41, 5.74) is 3.28. The lowest BCUT2D eigenvalue weighted by Crippen LogP contribution is -2.50. The number of urea groups is 1. The second-order valence-electron chi connectivity index (χ2n) is 8.06. The number of hydrogen-bond donors (Lipinski definition) is 2. The number of amides is 4. The summed E-state index contributed by atoms with van der Waals surface area (Å²) in [6.07, 6.45) is 0.862. The van der Waals surface area contributed by atoms with Gasteiger partial charge in [-0.25, -0.2) is 4.79 Å². The molecule has 0 saturated carbocycles. The van der Waals surface area contributed by atoms with Crippen molar-refractivity contribution in [3.8, 4) is 0 Å². The van der Waals surface area contributed by atoms with Crippen LogP contribution in [0.5, 0.6) is 0 Å². The minimum atomic E-state index is -0.136. The molecule has 0 radical (unpaired) electrons. The molecule has 2 aliphatic heterocycles. The van der Waals surface area contributed by atoms with Crippen LogP contribution >= 0.6 is 0 Å². The van der Waals surface area contributed by atoms with Gasteiger partial charge in [0.1, 0.15) is 0 Å². The highest BCUT2D eigenvalue weighted by Crippen LogP contribution is 2.20. The molecule has 2 fully saturated rings. The molecule has 2 saturated heterocycles. The normalized spacial score (nSPS) is 16.7. The number of nitrogens with zero attached hydrogens (tertiary/aromatic N) is 3. The molecule has 32 heavy (non-hydrogen) atoms. The van der Waals surface area contributed by atoms with Crippen molar-refractivity contribution in [2.24, 2.45) is 0 Å². The van der Waals surface area contributed by atoms with E-state index in [4.69, 9.17) is 0 Å². The minimum absolute atomic E-state index is 0.0396. The Kier molecular flexibility index (Phi) is 6.70. The number of anilines is 2. The number of rotatable bonds is 6. The molecule has 8 nitrogen and oxygen atoms in total. The Balaban J connectivity index is 1.30. The van der Waals surface area contributed by atoms with Gasteiger partial charge in [0.2, 0.25) is 5.91 Å². The van der Waals surface area contributed by atoms with Crippen LogP contribution in [0.25, 0.3) is 0 Å². The fourth-order valence-corrected chi connectivity index (χ4v) is 4.16. The van der Waals surface area contributed by atoms with Crippen molar-refractivity contribution in [2.75, 3.05) is 56.0 Å². The predicted molar refractivity (Wildman–Crippen MR) is 124 cm³/mol. The van der Waals surface area contributed by atoms with Gasteiger partial charge in [0.25, 0.3) is 5.91 Å². The smallest absolute Gasteiger partial charge is 0.321 e. The topological polar surface area (TPSA) is 85.0 Å². The van der Waals surface area contributed by atoms with Crippen LogP contribution in [0.3, 0.4) is 0 Å². The number of aryl methyl sites for hydroxylation is 1. The maximum Gasteiger partial charge on any atom is 0.321 e. The third-order valence-corrected chi connectivity index (χ3v) is 5.96. The third kappa shape index (κ3) is 4.91. The van der Waals surface area contributed by atoms with Crippen LogP contribution in [0.15, 0.2) is 48.5 Å². The maximum atomic E-state index is 13.0. The summed E-state index contributed by atoms with van der Waals surface area (Å²) in [6.45, 7) is 5.98. The van der Waals surface area contributed by atoms with E-state index in [-0.39, 0.29) is 17.8 Å². The molecular weight excluding hydrogens is 406 g/mol. The van der Waals surface area contributed by atoms with E-state index < -0.39 is 0 Å². The second kappa shape index (κ2) is 9.82. The van der Waals surface area contributed by atoms with E-state index in [1.807, 2.05) is 41.3 Å². The van der Waals surface area contributed by atoms with Gasteiger partial charge >= 0.3 is 6.03 Å². The van der Waals surface area contributed by atoms with E-state index in [1.54, 1.807) is 17.0 Å². The summed E-state index contributed by atoms with van der Waals surface area (Å²) >= 11 is 0. The van der Waals surface area contributed by atoms with Gasteiger partial charge in [-0.2, -0.15) is 0 Å². The number of nitrogens with one attached hydrogen (secondary N) is 2. The predicted octanol–water partition coefficient (Wildman–Crippen LogP) is 2.18.